The highest BCUT2D eigenvalue weighted by Gasteiger charge is 2.33. The molecule has 0 spiro atoms. The molecule has 3 rings (SSSR count). The van der Waals surface area contributed by atoms with E-state index in [4.69, 9.17) is 5.73 Å². The molecule has 0 saturated heterocycles. The molecule has 1 aromatic carbocycles. The average Bonchev–Trinajstić information content (AvgIpc) is 3.31. The summed E-state index contributed by atoms with van der Waals surface area (Å²) in [7, 11) is 0. The molecule has 0 unspecified atom stereocenters. The fourth-order valence-corrected chi connectivity index (χ4v) is 2.21. The number of nitrogen functional groups attached to an aromatic ring is 1. The Hall–Kier alpha value is -2.36. The van der Waals surface area contributed by atoms with E-state index in [9.17, 15) is 4.79 Å². The summed E-state index contributed by atoms with van der Waals surface area (Å²) < 4.78 is 0. The predicted molar refractivity (Wildman–Crippen MR) is 78.0 cm³/mol. The van der Waals surface area contributed by atoms with Crippen molar-refractivity contribution in [1.82, 2.24) is 9.88 Å². The molecule has 0 bridgehead atoms. The van der Waals surface area contributed by atoms with Crippen LogP contribution in [0.3, 0.4) is 0 Å². The number of nitrogens with zero attached hydrogens (tertiary/aromatic N) is 2. The van der Waals surface area contributed by atoms with Gasteiger partial charge in [0.2, 0.25) is 0 Å². The third kappa shape index (κ3) is 2.79. The Labute approximate surface area is 118 Å². The highest BCUT2D eigenvalue weighted by atomic mass is 16.2. The Morgan fingerprint density at radius 2 is 1.95 bits per heavy atom. The third-order valence-corrected chi connectivity index (χ3v) is 3.47. The Bertz CT molecular complexity index is 591. The van der Waals surface area contributed by atoms with E-state index in [-0.39, 0.29) is 5.91 Å². The third-order valence-electron chi connectivity index (χ3n) is 3.47. The second-order valence-corrected chi connectivity index (χ2v) is 5.12. The van der Waals surface area contributed by atoms with Crippen molar-refractivity contribution < 1.29 is 4.79 Å². The summed E-state index contributed by atoms with van der Waals surface area (Å²) >= 11 is 0. The first kappa shape index (κ1) is 12.7. The molecule has 0 atom stereocenters. The van der Waals surface area contributed by atoms with E-state index in [1.165, 1.54) is 0 Å². The number of pyridine rings is 1. The maximum atomic E-state index is 12.5. The van der Waals surface area contributed by atoms with Crippen molar-refractivity contribution in [3.63, 3.8) is 0 Å². The molecule has 102 valence electrons. The van der Waals surface area contributed by atoms with Gasteiger partial charge in [0.15, 0.2) is 0 Å². The number of aromatic nitrogens is 1. The van der Waals surface area contributed by atoms with Gasteiger partial charge in [0.05, 0.1) is 0 Å². The van der Waals surface area contributed by atoms with Gasteiger partial charge < -0.3 is 10.6 Å². The molecule has 4 nitrogen and oxygen atoms in total. The normalized spacial score (nSPS) is 14.0. The summed E-state index contributed by atoms with van der Waals surface area (Å²) in [5, 5.41) is 0. The highest BCUT2D eigenvalue weighted by Crippen LogP contribution is 2.29. The summed E-state index contributed by atoms with van der Waals surface area (Å²) in [5.74, 6) is 0.00456. The first-order valence-corrected chi connectivity index (χ1v) is 6.80. The summed E-state index contributed by atoms with van der Waals surface area (Å²) in [5.41, 5.74) is 8.03. The maximum absolute atomic E-state index is 12.5. The van der Waals surface area contributed by atoms with Crippen molar-refractivity contribution in [1.29, 1.82) is 0 Å². The summed E-state index contributed by atoms with van der Waals surface area (Å²) in [6.07, 6.45) is 3.81. The molecule has 1 aliphatic carbocycles. The Morgan fingerprint density at radius 1 is 1.20 bits per heavy atom. The molecule has 1 fully saturated rings. The second-order valence-electron chi connectivity index (χ2n) is 5.12. The quantitative estimate of drug-likeness (QED) is 0.866. The first-order valence-electron chi connectivity index (χ1n) is 6.80. The van der Waals surface area contributed by atoms with Crippen molar-refractivity contribution in [2.24, 2.45) is 0 Å². The lowest BCUT2D eigenvalue weighted by Crippen LogP contribution is -2.33. The molecule has 20 heavy (non-hydrogen) atoms. The van der Waals surface area contributed by atoms with E-state index in [0.29, 0.717) is 18.3 Å². The van der Waals surface area contributed by atoms with Gasteiger partial charge in [-0.2, -0.15) is 0 Å². The lowest BCUT2D eigenvalue weighted by Gasteiger charge is -2.22. The molecular weight excluding hydrogens is 250 g/mol. The maximum Gasteiger partial charge on any atom is 0.272 e. The number of carbonyl (C=O) groups is 1. The van der Waals surface area contributed by atoms with Crippen LogP contribution >= 0.6 is 0 Å². The molecule has 1 amide bonds. The van der Waals surface area contributed by atoms with Crippen LogP contribution in [0, 0.1) is 0 Å². The SMILES string of the molecule is Nc1ccc(CN(C(=O)c2ccccn2)C2CC2)cc1. The monoisotopic (exact) mass is 267 g/mol. The van der Waals surface area contributed by atoms with Gasteiger partial charge in [-0.1, -0.05) is 18.2 Å². The fourth-order valence-electron chi connectivity index (χ4n) is 2.21. The molecule has 2 N–H and O–H groups in total. The van der Waals surface area contributed by atoms with Gasteiger partial charge in [0.25, 0.3) is 5.91 Å². The molecule has 1 aromatic heterocycles. The van der Waals surface area contributed by atoms with Crippen LogP contribution in [0.1, 0.15) is 28.9 Å². The zero-order valence-corrected chi connectivity index (χ0v) is 11.2. The van der Waals surface area contributed by atoms with E-state index in [1.807, 2.05) is 41.3 Å². The molecule has 1 saturated carbocycles. The number of amides is 1. The van der Waals surface area contributed by atoms with Gasteiger partial charge >= 0.3 is 0 Å². The van der Waals surface area contributed by atoms with Crippen molar-refractivity contribution in [2.45, 2.75) is 25.4 Å². The molecule has 1 heterocycles. The number of benzene rings is 1. The van der Waals surface area contributed by atoms with Gasteiger partial charge in [-0.05, 0) is 42.7 Å². The average molecular weight is 267 g/mol. The van der Waals surface area contributed by atoms with Gasteiger partial charge in [0, 0.05) is 24.5 Å². The predicted octanol–water partition coefficient (Wildman–Crippen LogP) is 2.47. The van der Waals surface area contributed by atoms with Gasteiger partial charge in [-0.25, -0.2) is 0 Å². The van der Waals surface area contributed by atoms with E-state index in [2.05, 4.69) is 4.98 Å². The number of hydrogen-bond donors (Lipinski definition) is 1. The van der Waals surface area contributed by atoms with Crippen LogP contribution in [0.5, 0.6) is 0 Å². The van der Waals surface area contributed by atoms with Crippen molar-refractivity contribution in [2.75, 3.05) is 5.73 Å². The van der Waals surface area contributed by atoms with E-state index in [0.717, 1.165) is 24.1 Å². The second kappa shape index (κ2) is 5.33. The standard InChI is InChI=1S/C16H17N3O/c17-13-6-4-12(5-7-13)11-19(14-8-9-14)16(20)15-3-1-2-10-18-15/h1-7,10,14H,8-9,11,17H2. The Kier molecular flexibility index (Phi) is 3.37. The van der Waals surface area contributed by atoms with Crippen LogP contribution in [-0.2, 0) is 6.54 Å². The molecule has 1 aliphatic rings. The number of rotatable bonds is 4. The first-order chi connectivity index (χ1) is 9.74. The largest absolute Gasteiger partial charge is 0.399 e. The smallest absolute Gasteiger partial charge is 0.272 e. The molecule has 0 radical (unpaired) electrons. The van der Waals surface area contributed by atoms with Crippen LogP contribution in [0.4, 0.5) is 5.69 Å². The highest BCUT2D eigenvalue weighted by molar-refractivity contribution is 5.92. The van der Waals surface area contributed by atoms with Gasteiger partial charge in [-0.3, -0.25) is 9.78 Å². The fraction of sp³-hybridized carbons (Fsp3) is 0.250. The zero-order chi connectivity index (χ0) is 13.9. The Morgan fingerprint density at radius 3 is 2.55 bits per heavy atom. The van der Waals surface area contributed by atoms with Gasteiger partial charge in [-0.15, -0.1) is 0 Å². The van der Waals surface area contributed by atoms with E-state index >= 15 is 0 Å². The minimum absolute atomic E-state index is 0.00456. The van der Waals surface area contributed by atoms with Crippen molar-refractivity contribution >= 4 is 11.6 Å². The lowest BCUT2D eigenvalue weighted by atomic mass is 10.2. The van der Waals surface area contributed by atoms with Crippen LogP contribution in [0.15, 0.2) is 48.7 Å². The zero-order valence-electron chi connectivity index (χ0n) is 11.2. The molecule has 0 aliphatic heterocycles. The van der Waals surface area contributed by atoms with Crippen LogP contribution < -0.4 is 5.73 Å². The summed E-state index contributed by atoms with van der Waals surface area (Å²) in [4.78, 5) is 18.6. The van der Waals surface area contributed by atoms with Crippen LogP contribution in [0.2, 0.25) is 0 Å². The van der Waals surface area contributed by atoms with Crippen LogP contribution in [0.25, 0.3) is 0 Å². The van der Waals surface area contributed by atoms with E-state index < -0.39 is 0 Å². The minimum atomic E-state index is 0.00456. The Balaban J connectivity index is 1.79. The van der Waals surface area contributed by atoms with E-state index in [1.54, 1.807) is 12.3 Å². The number of nitrogens with two attached hydrogens (primary N) is 1. The molecule has 4 heteroatoms. The van der Waals surface area contributed by atoms with Crippen molar-refractivity contribution in [3.8, 4) is 0 Å². The number of carbonyl (C=O) groups excluding carboxylic acids is 1. The summed E-state index contributed by atoms with van der Waals surface area (Å²) in [6, 6.07) is 13.4. The topological polar surface area (TPSA) is 59.2 Å². The molecule has 2 aromatic rings. The van der Waals surface area contributed by atoms with Crippen molar-refractivity contribution in [3.05, 3.63) is 59.9 Å². The van der Waals surface area contributed by atoms with Crippen LogP contribution in [-0.4, -0.2) is 21.8 Å². The molecular formula is C16H17N3O. The number of anilines is 1. The number of hydrogen-bond acceptors (Lipinski definition) is 3. The van der Waals surface area contributed by atoms with Gasteiger partial charge in [0.1, 0.15) is 5.69 Å². The lowest BCUT2D eigenvalue weighted by molar-refractivity contribution is 0.0724. The summed E-state index contributed by atoms with van der Waals surface area (Å²) in [6.45, 7) is 0.611. The minimum Gasteiger partial charge on any atom is -0.399 e.